The Hall–Kier alpha value is -0.120. The van der Waals surface area contributed by atoms with Gasteiger partial charge in [0.25, 0.3) is 0 Å². The van der Waals surface area contributed by atoms with Crippen LogP contribution in [0.1, 0.15) is 26.7 Å². The van der Waals surface area contributed by atoms with Crippen LogP contribution in [0.15, 0.2) is 0 Å². The van der Waals surface area contributed by atoms with Crippen molar-refractivity contribution in [3.8, 4) is 0 Å². The van der Waals surface area contributed by atoms with Crippen molar-refractivity contribution in [2.75, 3.05) is 26.7 Å². The monoisotopic (exact) mass is 200 g/mol. The fraction of sp³-hybridized carbons (Fsp3) is 1.00. The van der Waals surface area contributed by atoms with Crippen LogP contribution < -0.4 is 5.32 Å². The van der Waals surface area contributed by atoms with E-state index < -0.39 is 0 Å². The maximum Gasteiger partial charge on any atom is 0.0597 e. The molecule has 1 aliphatic rings. The molecule has 84 valence electrons. The Morgan fingerprint density at radius 1 is 1.43 bits per heavy atom. The second-order valence-corrected chi connectivity index (χ2v) is 4.65. The number of nitrogens with one attached hydrogen (secondary N) is 1. The van der Waals surface area contributed by atoms with Crippen LogP contribution in [-0.4, -0.2) is 48.8 Å². The third-order valence-corrected chi connectivity index (χ3v) is 3.33. The second-order valence-electron chi connectivity index (χ2n) is 4.65. The van der Waals surface area contributed by atoms with E-state index in [0.29, 0.717) is 6.04 Å². The fourth-order valence-corrected chi connectivity index (χ4v) is 2.16. The molecule has 3 unspecified atom stereocenters. The van der Waals surface area contributed by atoms with Crippen molar-refractivity contribution in [2.45, 2.75) is 38.8 Å². The van der Waals surface area contributed by atoms with Crippen molar-refractivity contribution >= 4 is 0 Å². The number of aliphatic hydroxyl groups excluding tert-OH is 1. The van der Waals surface area contributed by atoms with Gasteiger partial charge in [0.1, 0.15) is 0 Å². The summed E-state index contributed by atoms with van der Waals surface area (Å²) >= 11 is 0. The van der Waals surface area contributed by atoms with Crippen LogP contribution in [-0.2, 0) is 0 Å². The van der Waals surface area contributed by atoms with Crippen LogP contribution >= 0.6 is 0 Å². The highest BCUT2D eigenvalue weighted by molar-refractivity contribution is 4.80. The average molecular weight is 200 g/mol. The van der Waals surface area contributed by atoms with E-state index >= 15 is 0 Å². The van der Waals surface area contributed by atoms with Crippen LogP contribution in [0, 0.1) is 5.92 Å². The summed E-state index contributed by atoms with van der Waals surface area (Å²) < 4.78 is 0. The topological polar surface area (TPSA) is 35.5 Å². The van der Waals surface area contributed by atoms with Crippen LogP contribution in [0.2, 0.25) is 0 Å². The van der Waals surface area contributed by atoms with Crippen molar-refractivity contribution in [1.29, 1.82) is 0 Å². The summed E-state index contributed by atoms with van der Waals surface area (Å²) in [5, 5.41) is 12.3. The van der Waals surface area contributed by atoms with Gasteiger partial charge in [0.15, 0.2) is 0 Å². The lowest BCUT2D eigenvalue weighted by Crippen LogP contribution is -2.48. The molecule has 2 N–H and O–H groups in total. The van der Waals surface area contributed by atoms with Crippen LogP contribution in [0.3, 0.4) is 0 Å². The number of nitrogens with zero attached hydrogens (tertiary/aromatic N) is 1. The molecule has 0 amide bonds. The SMILES string of the molecule is CNC(CO)CN1CC(C)CCC1C. The lowest BCUT2D eigenvalue weighted by atomic mass is 9.94. The van der Waals surface area contributed by atoms with Crippen LogP contribution in [0.4, 0.5) is 0 Å². The van der Waals surface area contributed by atoms with Gasteiger partial charge >= 0.3 is 0 Å². The Kier molecular flexibility index (Phi) is 4.85. The minimum Gasteiger partial charge on any atom is -0.395 e. The molecule has 1 saturated heterocycles. The third-order valence-electron chi connectivity index (χ3n) is 3.33. The predicted molar refractivity (Wildman–Crippen MR) is 59.4 cm³/mol. The highest BCUT2D eigenvalue weighted by atomic mass is 16.3. The molecule has 1 heterocycles. The molecule has 1 aliphatic heterocycles. The molecule has 0 aromatic carbocycles. The lowest BCUT2D eigenvalue weighted by Gasteiger charge is -2.38. The molecular formula is C11H24N2O. The summed E-state index contributed by atoms with van der Waals surface area (Å²) in [6, 6.07) is 0.899. The predicted octanol–water partition coefficient (Wildman–Crippen LogP) is 0.687. The zero-order chi connectivity index (χ0) is 10.6. The molecule has 0 radical (unpaired) electrons. The molecule has 0 bridgehead atoms. The lowest BCUT2D eigenvalue weighted by molar-refractivity contribution is 0.0989. The van der Waals surface area contributed by atoms with Crippen molar-refractivity contribution in [3.05, 3.63) is 0 Å². The van der Waals surface area contributed by atoms with Gasteiger partial charge in [0.2, 0.25) is 0 Å². The number of aliphatic hydroxyl groups is 1. The molecule has 1 rings (SSSR count). The average Bonchev–Trinajstić information content (AvgIpc) is 2.19. The summed E-state index contributed by atoms with van der Waals surface area (Å²) in [6.45, 7) is 6.98. The van der Waals surface area contributed by atoms with Crippen molar-refractivity contribution in [2.24, 2.45) is 5.92 Å². The number of rotatable bonds is 4. The molecule has 3 nitrogen and oxygen atoms in total. The first-order valence-corrected chi connectivity index (χ1v) is 5.69. The van der Waals surface area contributed by atoms with Gasteiger partial charge in [0.05, 0.1) is 6.61 Å². The van der Waals surface area contributed by atoms with E-state index in [2.05, 4.69) is 24.1 Å². The van der Waals surface area contributed by atoms with Gasteiger partial charge in [0, 0.05) is 25.2 Å². The van der Waals surface area contributed by atoms with Gasteiger partial charge in [-0.25, -0.2) is 0 Å². The quantitative estimate of drug-likeness (QED) is 0.701. The summed E-state index contributed by atoms with van der Waals surface area (Å²) in [7, 11) is 1.92. The maximum atomic E-state index is 9.12. The van der Waals surface area contributed by atoms with E-state index in [1.165, 1.54) is 19.4 Å². The Labute approximate surface area is 87.5 Å². The molecule has 0 saturated carbocycles. The Bertz CT molecular complexity index is 159. The van der Waals surface area contributed by atoms with Crippen LogP contribution in [0.25, 0.3) is 0 Å². The minimum atomic E-state index is 0.225. The Morgan fingerprint density at radius 2 is 2.14 bits per heavy atom. The summed E-state index contributed by atoms with van der Waals surface area (Å²) in [5.41, 5.74) is 0. The molecule has 0 aliphatic carbocycles. The Morgan fingerprint density at radius 3 is 2.71 bits per heavy atom. The number of likely N-dealkylation sites (N-methyl/N-ethyl adjacent to an activating group) is 1. The smallest absolute Gasteiger partial charge is 0.0597 e. The van der Waals surface area contributed by atoms with Gasteiger partial charge in [-0.2, -0.15) is 0 Å². The van der Waals surface area contributed by atoms with Gasteiger partial charge in [-0.05, 0) is 32.7 Å². The number of hydrogen-bond donors (Lipinski definition) is 2. The van der Waals surface area contributed by atoms with Crippen molar-refractivity contribution in [1.82, 2.24) is 10.2 Å². The van der Waals surface area contributed by atoms with E-state index in [9.17, 15) is 0 Å². The second kappa shape index (κ2) is 5.69. The van der Waals surface area contributed by atoms with E-state index in [4.69, 9.17) is 5.11 Å². The van der Waals surface area contributed by atoms with Gasteiger partial charge < -0.3 is 10.4 Å². The van der Waals surface area contributed by atoms with Gasteiger partial charge in [-0.15, -0.1) is 0 Å². The molecule has 0 spiro atoms. The number of likely N-dealkylation sites (tertiary alicyclic amines) is 1. The highest BCUT2D eigenvalue weighted by Crippen LogP contribution is 2.21. The van der Waals surface area contributed by atoms with Crippen molar-refractivity contribution < 1.29 is 5.11 Å². The largest absolute Gasteiger partial charge is 0.395 e. The molecular weight excluding hydrogens is 176 g/mol. The van der Waals surface area contributed by atoms with E-state index in [-0.39, 0.29) is 12.6 Å². The molecule has 1 fully saturated rings. The molecule has 0 aromatic heterocycles. The summed E-state index contributed by atoms with van der Waals surface area (Å²) in [6.07, 6.45) is 2.64. The van der Waals surface area contributed by atoms with Gasteiger partial charge in [-0.3, -0.25) is 4.90 Å². The highest BCUT2D eigenvalue weighted by Gasteiger charge is 2.24. The first-order valence-electron chi connectivity index (χ1n) is 5.69. The van der Waals surface area contributed by atoms with E-state index in [1.54, 1.807) is 0 Å². The first-order chi connectivity index (χ1) is 6.67. The van der Waals surface area contributed by atoms with Crippen LogP contribution in [0.5, 0.6) is 0 Å². The fourth-order valence-electron chi connectivity index (χ4n) is 2.16. The zero-order valence-electron chi connectivity index (χ0n) is 9.66. The molecule has 14 heavy (non-hydrogen) atoms. The normalized spacial score (nSPS) is 31.7. The summed E-state index contributed by atoms with van der Waals surface area (Å²) in [4.78, 5) is 2.49. The summed E-state index contributed by atoms with van der Waals surface area (Å²) in [5.74, 6) is 0.808. The van der Waals surface area contributed by atoms with E-state index in [1.807, 2.05) is 7.05 Å². The van der Waals surface area contributed by atoms with Crippen molar-refractivity contribution in [3.63, 3.8) is 0 Å². The van der Waals surface area contributed by atoms with E-state index in [0.717, 1.165) is 12.5 Å². The number of hydrogen-bond acceptors (Lipinski definition) is 3. The zero-order valence-corrected chi connectivity index (χ0v) is 9.66. The molecule has 3 atom stereocenters. The Balaban J connectivity index is 2.40. The molecule has 3 heteroatoms. The van der Waals surface area contributed by atoms with Gasteiger partial charge in [-0.1, -0.05) is 6.92 Å². The minimum absolute atomic E-state index is 0.225. The standard InChI is InChI=1S/C11H24N2O/c1-9-4-5-10(2)13(6-9)7-11(8-14)12-3/h9-12,14H,4-8H2,1-3H3. The first kappa shape index (κ1) is 12.0. The number of piperidine rings is 1. The molecule has 0 aromatic rings. The third kappa shape index (κ3) is 3.23. The maximum absolute atomic E-state index is 9.12.